The van der Waals surface area contributed by atoms with Crippen molar-refractivity contribution in [2.45, 2.75) is 39.8 Å². The SMILES string of the molecule is CCN1CCN(Cc2ccc(Nc3ncc(F)c(-c4cc(F)c5nc6n(c5c4)CCC(C)C6)n3)nc2)CC1. The molecule has 1 N–H and O–H groups in total. The molecule has 0 spiro atoms. The van der Waals surface area contributed by atoms with Crippen LogP contribution >= 0.6 is 0 Å². The Hall–Kier alpha value is -3.50. The maximum Gasteiger partial charge on any atom is 0.229 e. The predicted molar refractivity (Wildman–Crippen MR) is 143 cm³/mol. The van der Waals surface area contributed by atoms with Crippen molar-refractivity contribution in [3.8, 4) is 11.3 Å². The van der Waals surface area contributed by atoms with Crippen molar-refractivity contribution >= 4 is 22.8 Å². The number of aromatic nitrogens is 5. The molecule has 1 saturated heterocycles. The normalized spacial score (nSPS) is 18.6. The summed E-state index contributed by atoms with van der Waals surface area (Å²) in [6.07, 6.45) is 4.75. The summed E-state index contributed by atoms with van der Waals surface area (Å²) in [5, 5.41) is 3.06. The molecule has 0 radical (unpaired) electrons. The number of halogens is 2. The highest BCUT2D eigenvalue weighted by atomic mass is 19.1. The number of anilines is 2. The Kier molecular flexibility index (Phi) is 6.75. The first-order valence-corrected chi connectivity index (χ1v) is 13.3. The monoisotopic (exact) mass is 518 g/mol. The highest BCUT2D eigenvalue weighted by molar-refractivity contribution is 5.83. The molecule has 3 aromatic heterocycles. The summed E-state index contributed by atoms with van der Waals surface area (Å²) in [4.78, 5) is 22.4. The van der Waals surface area contributed by atoms with Crippen LogP contribution in [0.15, 0.2) is 36.7 Å². The van der Waals surface area contributed by atoms with E-state index in [1.807, 2.05) is 22.9 Å². The van der Waals surface area contributed by atoms with Crippen LogP contribution in [0.25, 0.3) is 22.3 Å². The maximum absolute atomic E-state index is 15.1. The first kappa shape index (κ1) is 24.8. The third-order valence-corrected chi connectivity index (χ3v) is 7.66. The Labute approximate surface area is 220 Å². The van der Waals surface area contributed by atoms with Gasteiger partial charge in [-0.1, -0.05) is 19.9 Å². The molecule has 198 valence electrons. The topological polar surface area (TPSA) is 75.0 Å². The van der Waals surface area contributed by atoms with Gasteiger partial charge in [0.05, 0.1) is 11.7 Å². The Morgan fingerprint density at radius 3 is 2.53 bits per heavy atom. The molecule has 1 unspecified atom stereocenters. The third kappa shape index (κ3) is 4.98. The Morgan fingerprint density at radius 1 is 0.947 bits per heavy atom. The lowest BCUT2D eigenvalue weighted by Gasteiger charge is -2.33. The zero-order chi connectivity index (χ0) is 26.2. The summed E-state index contributed by atoms with van der Waals surface area (Å²) in [5.41, 5.74) is 2.50. The van der Waals surface area contributed by atoms with Gasteiger partial charge in [0, 0.05) is 57.4 Å². The molecular formula is C28H32F2N8. The molecule has 0 aliphatic carbocycles. The first-order valence-electron chi connectivity index (χ1n) is 13.3. The third-order valence-electron chi connectivity index (χ3n) is 7.66. The zero-order valence-corrected chi connectivity index (χ0v) is 21.8. The van der Waals surface area contributed by atoms with E-state index in [0.717, 1.165) is 76.2 Å². The second-order valence-corrected chi connectivity index (χ2v) is 10.4. The minimum atomic E-state index is -0.618. The maximum atomic E-state index is 15.1. The highest BCUT2D eigenvalue weighted by Gasteiger charge is 2.23. The standard InChI is InChI=1S/C28H32F2N8/c1-3-36-8-10-37(11-9-36)17-19-4-5-24(31-15-19)33-28-32-16-22(30)26(35-28)20-13-21(29)27-23(14-20)38-7-6-18(2)12-25(38)34-27/h4-5,13-16,18H,3,6-12,17H2,1-2H3,(H,31,32,33,35). The Bertz CT molecular complexity index is 1440. The van der Waals surface area contributed by atoms with Crippen LogP contribution in [0, 0.1) is 17.6 Å². The van der Waals surface area contributed by atoms with Crippen molar-refractivity contribution in [3.63, 3.8) is 0 Å². The second kappa shape index (κ2) is 10.3. The lowest BCUT2D eigenvalue weighted by molar-refractivity contribution is 0.132. The van der Waals surface area contributed by atoms with Crippen LogP contribution in [0.5, 0.6) is 0 Å². The predicted octanol–water partition coefficient (Wildman–Crippen LogP) is 4.63. The van der Waals surface area contributed by atoms with Gasteiger partial charge in [-0.15, -0.1) is 0 Å². The molecule has 2 aliphatic heterocycles. The minimum absolute atomic E-state index is 0.0332. The fourth-order valence-corrected chi connectivity index (χ4v) is 5.39. The molecule has 5 heterocycles. The molecule has 38 heavy (non-hydrogen) atoms. The number of fused-ring (bicyclic) bond motifs is 3. The summed E-state index contributed by atoms with van der Waals surface area (Å²) in [6.45, 7) is 11.4. The lowest BCUT2D eigenvalue weighted by atomic mass is 10.0. The molecule has 1 aromatic carbocycles. The van der Waals surface area contributed by atoms with Crippen molar-refractivity contribution in [1.82, 2.24) is 34.3 Å². The number of likely N-dealkylation sites (N-methyl/N-ethyl adjacent to an activating group) is 1. The number of hydrogen-bond donors (Lipinski definition) is 1. The van der Waals surface area contributed by atoms with Crippen LogP contribution in [-0.4, -0.2) is 67.0 Å². The average molecular weight is 519 g/mol. The number of piperazine rings is 1. The van der Waals surface area contributed by atoms with Gasteiger partial charge >= 0.3 is 0 Å². The van der Waals surface area contributed by atoms with Crippen molar-refractivity contribution < 1.29 is 8.78 Å². The molecule has 2 aliphatic rings. The van der Waals surface area contributed by atoms with Gasteiger partial charge in [0.2, 0.25) is 5.95 Å². The van der Waals surface area contributed by atoms with Crippen molar-refractivity contribution in [2.24, 2.45) is 5.92 Å². The number of nitrogens with one attached hydrogen (secondary N) is 1. The molecular weight excluding hydrogens is 486 g/mol. The van der Waals surface area contributed by atoms with Crippen molar-refractivity contribution in [1.29, 1.82) is 0 Å². The fourth-order valence-electron chi connectivity index (χ4n) is 5.39. The molecule has 4 aromatic rings. The average Bonchev–Trinajstić information content (AvgIpc) is 3.29. The van der Waals surface area contributed by atoms with Gasteiger partial charge in [-0.3, -0.25) is 4.90 Å². The number of aryl methyl sites for hydroxylation is 1. The van der Waals surface area contributed by atoms with Crippen LogP contribution in [-0.2, 0) is 19.5 Å². The Balaban J connectivity index is 1.20. The molecule has 1 fully saturated rings. The van der Waals surface area contributed by atoms with Gasteiger partial charge < -0.3 is 14.8 Å². The highest BCUT2D eigenvalue weighted by Crippen LogP contribution is 2.31. The van der Waals surface area contributed by atoms with E-state index in [2.05, 4.69) is 48.9 Å². The van der Waals surface area contributed by atoms with Gasteiger partial charge in [0.25, 0.3) is 0 Å². The van der Waals surface area contributed by atoms with E-state index in [-0.39, 0.29) is 11.6 Å². The first-order chi connectivity index (χ1) is 18.5. The number of imidazole rings is 1. The van der Waals surface area contributed by atoms with Gasteiger partial charge in [-0.2, -0.15) is 0 Å². The van der Waals surface area contributed by atoms with Crippen LogP contribution in [0.2, 0.25) is 0 Å². The van der Waals surface area contributed by atoms with Gasteiger partial charge in [0.15, 0.2) is 11.6 Å². The van der Waals surface area contributed by atoms with Gasteiger partial charge in [0.1, 0.15) is 22.9 Å². The molecule has 6 rings (SSSR count). The fraction of sp³-hybridized carbons (Fsp3) is 0.429. The minimum Gasteiger partial charge on any atom is -0.328 e. The molecule has 8 nitrogen and oxygen atoms in total. The van der Waals surface area contributed by atoms with E-state index >= 15 is 4.39 Å². The molecule has 0 amide bonds. The summed E-state index contributed by atoms with van der Waals surface area (Å²) < 4.78 is 31.9. The lowest BCUT2D eigenvalue weighted by Crippen LogP contribution is -2.45. The van der Waals surface area contributed by atoms with Crippen molar-refractivity contribution in [3.05, 3.63) is 59.7 Å². The summed E-state index contributed by atoms with van der Waals surface area (Å²) >= 11 is 0. The van der Waals surface area contributed by atoms with Crippen LogP contribution in [0.4, 0.5) is 20.5 Å². The quantitative estimate of drug-likeness (QED) is 0.399. The summed E-state index contributed by atoms with van der Waals surface area (Å²) in [7, 11) is 0. The number of benzene rings is 1. The van der Waals surface area contributed by atoms with Crippen molar-refractivity contribution in [2.75, 3.05) is 38.0 Å². The summed E-state index contributed by atoms with van der Waals surface area (Å²) in [6, 6.07) is 6.97. The number of rotatable bonds is 6. The van der Waals surface area contributed by atoms with E-state index in [9.17, 15) is 4.39 Å². The van der Waals surface area contributed by atoms with E-state index in [4.69, 9.17) is 0 Å². The van der Waals surface area contributed by atoms with Gasteiger partial charge in [-0.25, -0.2) is 28.7 Å². The zero-order valence-electron chi connectivity index (χ0n) is 21.8. The van der Waals surface area contributed by atoms with Crippen LogP contribution in [0.1, 0.15) is 31.7 Å². The van der Waals surface area contributed by atoms with E-state index in [0.29, 0.717) is 28.3 Å². The van der Waals surface area contributed by atoms with E-state index in [1.54, 1.807) is 6.07 Å². The Morgan fingerprint density at radius 2 is 1.76 bits per heavy atom. The van der Waals surface area contributed by atoms with E-state index < -0.39 is 11.6 Å². The van der Waals surface area contributed by atoms with Crippen LogP contribution in [0.3, 0.4) is 0 Å². The van der Waals surface area contributed by atoms with Crippen LogP contribution < -0.4 is 5.32 Å². The molecule has 0 saturated carbocycles. The molecule has 1 atom stereocenters. The second-order valence-electron chi connectivity index (χ2n) is 10.4. The number of pyridine rings is 1. The van der Waals surface area contributed by atoms with Gasteiger partial charge in [-0.05, 0) is 42.6 Å². The smallest absolute Gasteiger partial charge is 0.229 e. The number of hydrogen-bond acceptors (Lipinski definition) is 7. The summed E-state index contributed by atoms with van der Waals surface area (Å²) in [5.74, 6) is 1.04. The molecule has 10 heteroatoms. The number of nitrogens with zero attached hydrogens (tertiary/aromatic N) is 7. The molecule has 0 bridgehead atoms. The largest absolute Gasteiger partial charge is 0.328 e. The van der Waals surface area contributed by atoms with E-state index in [1.165, 1.54) is 6.07 Å².